The Morgan fingerprint density at radius 2 is 2.31 bits per heavy atom. The lowest BCUT2D eigenvalue weighted by Crippen LogP contribution is -2.50. The number of aliphatic hydroxyl groups excluding tert-OH is 1. The highest BCUT2D eigenvalue weighted by atomic mass is 16.4. The third kappa shape index (κ3) is 3.23. The van der Waals surface area contributed by atoms with E-state index >= 15 is 0 Å². The average molecular weight is 228 g/mol. The van der Waals surface area contributed by atoms with Crippen molar-refractivity contribution >= 4 is 12.0 Å². The van der Waals surface area contributed by atoms with E-state index in [1.165, 1.54) is 4.90 Å². The number of hydrogen-bond donors (Lipinski definition) is 3. The van der Waals surface area contributed by atoms with Gasteiger partial charge in [0, 0.05) is 13.1 Å². The minimum absolute atomic E-state index is 0.450. The van der Waals surface area contributed by atoms with Crippen molar-refractivity contribution in [1.82, 2.24) is 10.2 Å². The van der Waals surface area contributed by atoms with E-state index in [9.17, 15) is 9.59 Å². The molecule has 1 aliphatic heterocycles. The Labute approximate surface area is 93.5 Å². The van der Waals surface area contributed by atoms with Crippen molar-refractivity contribution in [2.24, 2.45) is 0 Å². The van der Waals surface area contributed by atoms with E-state index in [0.29, 0.717) is 13.1 Å². The first-order chi connectivity index (χ1) is 7.54. The molecule has 6 nitrogen and oxygen atoms in total. The van der Waals surface area contributed by atoms with Gasteiger partial charge in [-0.25, -0.2) is 9.59 Å². The second-order valence-corrected chi connectivity index (χ2v) is 3.78. The lowest BCUT2D eigenvalue weighted by atomic mass is 10.1. The van der Waals surface area contributed by atoms with Crippen LogP contribution in [0.2, 0.25) is 0 Å². The molecule has 0 aromatic heterocycles. The normalized spacial score (nSPS) is 17.6. The summed E-state index contributed by atoms with van der Waals surface area (Å²) in [5.74, 6) is -1.24. The SMILES string of the molecule is CC1=CCCN(C(=O)N[C@@H](CO)C(=O)O)C1. The second-order valence-electron chi connectivity index (χ2n) is 3.78. The molecule has 3 N–H and O–H groups in total. The second kappa shape index (κ2) is 5.50. The molecular weight excluding hydrogens is 212 g/mol. The zero-order valence-electron chi connectivity index (χ0n) is 9.14. The fourth-order valence-electron chi connectivity index (χ4n) is 1.51. The molecule has 16 heavy (non-hydrogen) atoms. The van der Waals surface area contributed by atoms with E-state index in [-0.39, 0.29) is 0 Å². The predicted molar refractivity (Wildman–Crippen MR) is 57.0 cm³/mol. The Kier molecular flexibility index (Phi) is 4.30. The topological polar surface area (TPSA) is 89.9 Å². The molecule has 6 heteroatoms. The summed E-state index contributed by atoms with van der Waals surface area (Å²) in [5, 5.41) is 19.7. The van der Waals surface area contributed by atoms with Gasteiger partial charge in [-0.05, 0) is 13.3 Å². The van der Waals surface area contributed by atoms with Crippen LogP contribution in [-0.4, -0.2) is 52.9 Å². The van der Waals surface area contributed by atoms with Gasteiger partial charge in [0.25, 0.3) is 0 Å². The molecule has 0 fully saturated rings. The number of aliphatic hydroxyl groups is 1. The number of nitrogens with one attached hydrogen (secondary N) is 1. The molecule has 1 atom stereocenters. The molecule has 1 aliphatic rings. The molecule has 0 unspecified atom stereocenters. The van der Waals surface area contributed by atoms with Crippen LogP contribution in [0.25, 0.3) is 0 Å². The van der Waals surface area contributed by atoms with Gasteiger partial charge in [-0.2, -0.15) is 0 Å². The Hall–Kier alpha value is -1.56. The van der Waals surface area contributed by atoms with E-state index in [2.05, 4.69) is 5.32 Å². The Morgan fingerprint density at radius 3 is 2.81 bits per heavy atom. The van der Waals surface area contributed by atoms with Crippen molar-refractivity contribution in [3.05, 3.63) is 11.6 Å². The van der Waals surface area contributed by atoms with Crippen LogP contribution in [0.5, 0.6) is 0 Å². The van der Waals surface area contributed by atoms with E-state index in [4.69, 9.17) is 10.2 Å². The quantitative estimate of drug-likeness (QED) is 0.583. The maximum atomic E-state index is 11.6. The van der Waals surface area contributed by atoms with Crippen LogP contribution >= 0.6 is 0 Å². The molecule has 90 valence electrons. The maximum absolute atomic E-state index is 11.6. The van der Waals surface area contributed by atoms with Gasteiger partial charge >= 0.3 is 12.0 Å². The summed E-state index contributed by atoms with van der Waals surface area (Å²) in [6.45, 7) is 2.38. The number of amides is 2. The summed E-state index contributed by atoms with van der Waals surface area (Å²) >= 11 is 0. The van der Waals surface area contributed by atoms with Crippen molar-refractivity contribution in [3.8, 4) is 0 Å². The molecule has 1 heterocycles. The molecule has 2 amide bonds. The smallest absolute Gasteiger partial charge is 0.328 e. The highest BCUT2D eigenvalue weighted by Gasteiger charge is 2.23. The van der Waals surface area contributed by atoms with Crippen LogP contribution in [0.3, 0.4) is 0 Å². The van der Waals surface area contributed by atoms with E-state index in [0.717, 1.165) is 12.0 Å². The Morgan fingerprint density at radius 1 is 1.62 bits per heavy atom. The highest BCUT2D eigenvalue weighted by molar-refractivity contribution is 5.82. The van der Waals surface area contributed by atoms with Crippen LogP contribution in [-0.2, 0) is 4.79 Å². The van der Waals surface area contributed by atoms with Crippen LogP contribution in [0.15, 0.2) is 11.6 Å². The first kappa shape index (κ1) is 12.5. The third-order valence-corrected chi connectivity index (χ3v) is 2.40. The van der Waals surface area contributed by atoms with Crippen molar-refractivity contribution in [3.63, 3.8) is 0 Å². The standard InChI is InChI=1S/C10H16N2O4/c1-7-3-2-4-12(5-7)10(16)11-8(6-13)9(14)15/h3,8,13H,2,4-6H2,1H3,(H,11,16)(H,14,15)/t8-/m0/s1. The van der Waals surface area contributed by atoms with Gasteiger partial charge in [-0.1, -0.05) is 11.6 Å². The lowest BCUT2D eigenvalue weighted by Gasteiger charge is -2.27. The zero-order chi connectivity index (χ0) is 12.1. The molecule has 1 rings (SSSR count). The molecule has 0 saturated carbocycles. The fraction of sp³-hybridized carbons (Fsp3) is 0.600. The van der Waals surface area contributed by atoms with Crippen molar-refractivity contribution in [2.45, 2.75) is 19.4 Å². The van der Waals surface area contributed by atoms with E-state index in [1.807, 2.05) is 13.0 Å². The molecule has 0 aliphatic carbocycles. The van der Waals surface area contributed by atoms with Crippen LogP contribution in [0.1, 0.15) is 13.3 Å². The summed E-state index contributed by atoms with van der Waals surface area (Å²) in [6, 6.07) is -1.69. The van der Waals surface area contributed by atoms with Crippen LogP contribution < -0.4 is 5.32 Å². The van der Waals surface area contributed by atoms with E-state index < -0.39 is 24.6 Å². The first-order valence-electron chi connectivity index (χ1n) is 5.09. The minimum Gasteiger partial charge on any atom is -0.480 e. The summed E-state index contributed by atoms with van der Waals surface area (Å²) < 4.78 is 0. The molecule has 0 bridgehead atoms. The lowest BCUT2D eigenvalue weighted by molar-refractivity contribution is -0.140. The average Bonchev–Trinajstić information content (AvgIpc) is 2.25. The summed E-state index contributed by atoms with van der Waals surface area (Å²) in [4.78, 5) is 23.8. The molecule has 0 aromatic carbocycles. The van der Waals surface area contributed by atoms with Crippen LogP contribution in [0, 0.1) is 0 Å². The number of carboxylic acids is 1. The summed E-state index contributed by atoms with van der Waals surface area (Å²) in [5.41, 5.74) is 1.08. The summed E-state index contributed by atoms with van der Waals surface area (Å²) in [6.07, 6.45) is 2.82. The number of carbonyl (C=O) groups is 2. The van der Waals surface area contributed by atoms with Crippen molar-refractivity contribution in [1.29, 1.82) is 0 Å². The monoisotopic (exact) mass is 228 g/mol. The van der Waals surface area contributed by atoms with Crippen LogP contribution in [0.4, 0.5) is 4.79 Å². The Balaban J connectivity index is 2.52. The molecule has 0 radical (unpaired) electrons. The Bertz CT molecular complexity index is 314. The third-order valence-electron chi connectivity index (χ3n) is 2.40. The van der Waals surface area contributed by atoms with Gasteiger partial charge in [-0.15, -0.1) is 0 Å². The molecular formula is C10H16N2O4. The maximum Gasteiger partial charge on any atom is 0.328 e. The number of aliphatic carboxylic acids is 1. The van der Waals surface area contributed by atoms with Gasteiger partial charge in [0.15, 0.2) is 6.04 Å². The van der Waals surface area contributed by atoms with Gasteiger partial charge in [0.05, 0.1) is 6.61 Å². The van der Waals surface area contributed by atoms with Gasteiger partial charge in [0.2, 0.25) is 0 Å². The number of carboxylic acid groups (broad SMARTS) is 1. The number of carbonyl (C=O) groups excluding carboxylic acids is 1. The van der Waals surface area contributed by atoms with Crippen molar-refractivity contribution in [2.75, 3.05) is 19.7 Å². The number of urea groups is 1. The highest BCUT2D eigenvalue weighted by Crippen LogP contribution is 2.08. The van der Waals surface area contributed by atoms with E-state index in [1.54, 1.807) is 0 Å². The van der Waals surface area contributed by atoms with Gasteiger partial charge in [0.1, 0.15) is 0 Å². The zero-order valence-corrected chi connectivity index (χ0v) is 9.14. The first-order valence-corrected chi connectivity index (χ1v) is 5.09. The largest absolute Gasteiger partial charge is 0.480 e. The van der Waals surface area contributed by atoms with Gasteiger partial charge < -0.3 is 20.4 Å². The number of nitrogens with zero attached hydrogens (tertiary/aromatic N) is 1. The summed E-state index contributed by atoms with van der Waals surface area (Å²) in [7, 11) is 0. The number of hydrogen-bond acceptors (Lipinski definition) is 3. The fourth-order valence-corrected chi connectivity index (χ4v) is 1.51. The predicted octanol–water partition coefficient (Wildman–Crippen LogP) is -0.207. The van der Waals surface area contributed by atoms with Gasteiger partial charge in [-0.3, -0.25) is 0 Å². The molecule has 0 saturated heterocycles. The molecule has 0 spiro atoms. The number of rotatable bonds is 3. The minimum atomic E-state index is -1.24. The molecule has 0 aromatic rings. The van der Waals surface area contributed by atoms with Crippen molar-refractivity contribution < 1.29 is 19.8 Å².